The molecule has 0 radical (unpaired) electrons. The van der Waals surface area contributed by atoms with Crippen LogP contribution in [0.4, 0.5) is 10.8 Å². The molecule has 1 heterocycles. The number of carbonyl (C=O) groups excluding carboxylic acids is 3. The Morgan fingerprint density at radius 2 is 1.43 bits per heavy atom. The molecule has 220 valence electrons. The standard InChI is InChI=1S/C34H29N5O3S2/c1-22-11-9-10-16-26(22)21-29(36-31(40)25-14-7-4-8-15-25)32(41)35-27-17-19-28(20-18-27)44-30(24-12-5-3-6-13-24)33(42)37-34-39-38-23(2)43-34/h3-21,30H,1-2H3,(H,35,41)(H,36,40)(H,37,39,42)/b29-21-. The molecule has 3 N–H and O–H groups in total. The van der Waals surface area contributed by atoms with E-state index in [9.17, 15) is 14.4 Å². The van der Waals surface area contributed by atoms with Crippen molar-refractivity contribution in [2.75, 3.05) is 10.6 Å². The zero-order valence-electron chi connectivity index (χ0n) is 24.0. The maximum Gasteiger partial charge on any atom is 0.272 e. The SMILES string of the molecule is Cc1nnc(NC(=O)C(Sc2ccc(NC(=O)/C(=C/c3ccccc3C)NC(=O)c3ccccc3)cc2)c2ccccc2)s1. The van der Waals surface area contributed by atoms with Crippen molar-refractivity contribution in [1.29, 1.82) is 0 Å². The van der Waals surface area contributed by atoms with Gasteiger partial charge < -0.3 is 10.6 Å². The largest absolute Gasteiger partial charge is 0.321 e. The van der Waals surface area contributed by atoms with Crippen LogP contribution in [0.1, 0.15) is 37.3 Å². The number of aromatic nitrogens is 2. The number of nitrogens with one attached hydrogen (secondary N) is 3. The Balaban J connectivity index is 1.33. The summed E-state index contributed by atoms with van der Waals surface area (Å²) in [6.07, 6.45) is 1.66. The van der Waals surface area contributed by atoms with Gasteiger partial charge in [0.15, 0.2) is 0 Å². The van der Waals surface area contributed by atoms with Gasteiger partial charge in [-0.3, -0.25) is 19.7 Å². The summed E-state index contributed by atoms with van der Waals surface area (Å²) in [5.41, 5.74) is 3.70. The monoisotopic (exact) mass is 619 g/mol. The minimum atomic E-state index is -0.544. The second-order valence-corrected chi connectivity index (χ2v) is 12.1. The normalized spacial score (nSPS) is 11.8. The number of aryl methyl sites for hydroxylation is 2. The molecule has 0 aliphatic carbocycles. The predicted molar refractivity (Wildman–Crippen MR) is 176 cm³/mol. The number of carbonyl (C=O) groups is 3. The number of rotatable bonds is 10. The van der Waals surface area contributed by atoms with Crippen molar-refractivity contribution < 1.29 is 14.4 Å². The molecule has 44 heavy (non-hydrogen) atoms. The molecule has 1 unspecified atom stereocenters. The van der Waals surface area contributed by atoms with E-state index in [1.807, 2.05) is 86.6 Å². The number of nitrogens with zero attached hydrogens (tertiary/aromatic N) is 2. The van der Waals surface area contributed by atoms with Crippen LogP contribution in [0.5, 0.6) is 0 Å². The molecule has 5 aromatic rings. The first kappa shape index (κ1) is 30.4. The third kappa shape index (κ3) is 8.06. The van der Waals surface area contributed by atoms with Crippen molar-refractivity contribution in [1.82, 2.24) is 15.5 Å². The topological polar surface area (TPSA) is 113 Å². The molecule has 0 aliphatic heterocycles. The minimum absolute atomic E-state index is 0.110. The molecule has 8 nitrogen and oxygen atoms in total. The average Bonchev–Trinajstić information content (AvgIpc) is 3.46. The average molecular weight is 620 g/mol. The zero-order valence-corrected chi connectivity index (χ0v) is 25.6. The third-order valence-electron chi connectivity index (χ3n) is 6.48. The third-order valence-corrected chi connectivity index (χ3v) is 8.50. The first-order chi connectivity index (χ1) is 21.4. The van der Waals surface area contributed by atoms with Gasteiger partial charge in [0.2, 0.25) is 11.0 Å². The molecule has 0 aliphatic rings. The van der Waals surface area contributed by atoms with Gasteiger partial charge in [0, 0.05) is 16.1 Å². The molecule has 5 rings (SSSR count). The highest BCUT2D eigenvalue weighted by atomic mass is 32.2. The molecule has 4 aromatic carbocycles. The predicted octanol–water partition coefficient (Wildman–Crippen LogP) is 7.04. The molecule has 0 spiro atoms. The Kier molecular flexibility index (Phi) is 9.96. The van der Waals surface area contributed by atoms with E-state index in [-0.39, 0.29) is 17.5 Å². The van der Waals surface area contributed by atoms with Crippen LogP contribution in [0.15, 0.2) is 120 Å². The Morgan fingerprint density at radius 3 is 2.09 bits per heavy atom. The number of anilines is 2. The van der Waals surface area contributed by atoms with Crippen LogP contribution in [-0.4, -0.2) is 27.9 Å². The van der Waals surface area contributed by atoms with E-state index in [0.29, 0.717) is 16.4 Å². The van der Waals surface area contributed by atoms with E-state index in [1.165, 1.54) is 23.1 Å². The number of hydrogen-bond donors (Lipinski definition) is 3. The fourth-order valence-corrected chi connectivity index (χ4v) is 5.84. The summed E-state index contributed by atoms with van der Waals surface area (Å²) in [5.74, 6) is -1.07. The van der Waals surface area contributed by atoms with E-state index in [0.717, 1.165) is 26.6 Å². The summed E-state index contributed by atoms with van der Waals surface area (Å²) in [5, 5.41) is 17.2. The van der Waals surface area contributed by atoms with Crippen LogP contribution in [0.2, 0.25) is 0 Å². The highest BCUT2D eigenvalue weighted by Gasteiger charge is 2.23. The van der Waals surface area contributed by atoms with Gasteiger partial charge in [0.1, 0.15) is 16.0 Å². The first-order valence-corrected chi connectivity index (χ1v) is 15.4. The number of amides is 3. The van der Waals surface area contributed by atoms with E-state index >= 15 is 0 Å². The molecular formula is C34H29N5O3S2. The summed E-state index contributed by atoms with van der Waals surface area (Å²) < 4.78 is 0. The van der Waals surface area contributed by atoms with Crippen LogP contribution < -0.4 is 16.0 Å². The number of thioether (sulfide) groups is 1. The molecule has 0 bridgehead atoms. The van der Waals surface area contributed by atoms with Gasteiger partial charge in [-0.2, -0.15) is 0 Å². The van der Waals surface area contributed by atoms with E-state index in [4.69, 9.17) is 0 Å². The van der Waals surface area contributed by atoms with Crippen LogP contribution in [-0.2, 0) is 9.59 Å². The smallest absolute Gasteiger partial charge is 0.272 e. The Labute approximate surface area is 263 Å². The van der Waals surface area contributed by atoms with Crippen molar-refractivity contribution in [3.8, 4) is 0 Å². The molecule has 0 saturated carbocycles. The maximum absolute atomic E-state index is 13.4. The quantitative estimate of drug-likeness (QED) is 0.114. The molecule has 3 amide bonds. The zero-order chi connectivity index (χ0) is 30.9. The van der Waals surface area contributed by atoms with E-state index in [1.54, 1.807) is 42.5 Å². The second-order valence-electron chi connectivity index (χ2n) is 9.74. The second kappa shape index (κ2) is 14.4. The Bertz CT molecular complexity index is 1790. The van der Waals surface area contributed by atoms with Crippen molar-refractivity contribution in [3.63, 3.8) is 0 Å². The van der Waals surface area contributed by atoms with Gasteiger partial charge >= 0.3 is 0 Å². The molecule has 10 heteroatoms. The lowest BCUT2D eigenvalue weighted by Gasteiger charge is -2.16. The van der Waals surface area contributed by atoms with Crippen LogP contribution in [0, 0.1) is 13.8 Å². The van der Waals surface area contributed by atoms with Gasteiger partial charge in [-0.25, -0.2) is 0 Å². The first-order valence-electron chi connectivity index (χ1n) is 13.7. The fourth-order valence-electron chi connectivity index (χ4n) is 4.22. The molecule has 1 aromatic heterocycles. The molecule has 1 atom stereocenters. The molecule has 0 saturated heterocycles. The highest BCUT2D eigenvalue weighted by Crippen LogP contribution is 2.37. The lowest BCUT2D eigenvalue weighted by molar-refractivity contribution is -0.116. The van der Waals surface area contributed by atoms with E-state index < -0.39 is 11.2 Å². The highest BCUT2D eigenvalue weighted by molar-refractivity contribution is 8.00. The van der Waals surface area contributed by atoms with Crippen molar-refractivity contribution in [2.45, 2.75) is 24.0 Å². The van der Waals surface area contributed by atoms with Crippen LogP contribution >= 0.6 is 23.1 Å². The lowest BCUT2D eigenvalue weighted by Crippen LogP contribution is -2.30. The van der Waals surface area contributed by atoms with Crippen molar-refractivity contribution in [2.24, 2.45) is 0 Å². The van der Waals surface area contributed by atoms with Crippen molar-refractivity contribution in [3.05, 3.63) is 142 Å². The van der Waals surface area contributed by atoms with E-state index in [2.05, 4.69) is 26.1 Å². The summed E-state index contributed by atoms with van der Waals surface area (Å²) in [7, 11) is 0. The van der Waals surface area contributed by atoms with Gasteiger partial charge in [0.05, 0.1) is 0 Å². The van der Waals surface area contributed by atoms with Crippen LogP contribution in [0.3, 0.4) is 0 Å². The van der Waals surface area contributed by atoms with Crippen molar-refractivity contribution >= 4 is 57.7 Å². The Hall–Kier alpha value is -5.06. The summed E-state index contributed by atoms with van der Waals surface area (Å²) in [4.78, 5) is 40.5. The van der Waals surface area contributed by atoms with Gasteiger partial charge in [-0.1, -0.05) is 84.1 Å². The van der Waals surface area contributed by atoms with Gasteiger partial charge in [-0.05, 0) is 73.0 Å². The summed E-state index contributed by atoms with van der Waals surface area (Å²) in [6.45, 7) is 3.77. The van der Waals surface area contributed by atoms with Gasteiger partial charge in [0.25, 0.3) is 11.8 Å². The Morgan fingerprint density at radius 1 is 0.773 bits per heavy atom. The molecular weight excluding hydrogens is 591 g/mol. The fraction of sp³-hybridized carbons (Fsp3) is 0.0882. The van der Waals surface area contributed by atoms with Gasteiger partial charge in [-0.15, -0.1) is 22.0 Å². The lowest BCUT2D eigenvalue weighted by atomic mass is 10.1. The number of benzene rings is 4. The van der Waals surface area contributed by atoms with Crippen LogP contribution in [0.25, 0.3) is 6.08 Å². The summed E-state index contributed by atoms with van der Waals surface area (Å²) in [6, 6.07) is 33.0. The minimum Gasteiger partial charge on any atom is -0.321 e. The summed E-state index contributed by atoms with van der Waals surface area (Å²) >= 11 is 2.70. The number of hydrogen-bond acceptors (Lipinski definition) is 7. The molecule has 0 fully saturated rings. The maximum atomic E-state index is 13.4.